The van der Waals surface area contributed by atoms with Gasteiger partial charge in [0.15, 0.2) is 0 Å². The smallest absolute Gasteiger partial charge is 0.417 e. The number of thiocarbonyl (C=S) groups is 1. The van der Waals surface area contributed by atoms with Gasteiger partial charge in [-0.2, -0.15) is 13.2 Å². The molecule has 7 heteroatoms. The quantitative estimate of drug-likeness (QED) is 0.847. The first-order valence-electron chi connectivity index (χ1n) is 6.74. The van der Waals surface area contributed by atoms with E-state index >= 15 is 0 Å². The van der Waals surface area contributed by atoms with Gasteiger partial charge < -0.3 is 10.5 Å². The molecule has 21 heavy (non-hydrogen) atoms. The molecule has 116 valence electrons. The van der Waals surface area contributed by atoms with Crippen molar-refractivity contribution in [3.05, 3.63) is 29.3 Å². The van der Waals surface area contributed by atoms with Crippen molar-refractivity contribution in [3.8, 4) is 5.75 Å². The number of hydrogen-bond acceptors (Lipinski definition) is 3. The number of nitrogens with two attached hydrogens (primary N) is 1. The molecule has 1 aliphatic rings. The summed E-state index contributed by atoms with van der Waals surface area (Å²) < 4.78 is 44.3. The van der Waals surface area contributed by atoms with Crippen molar-refractivity contribution in [2.24, 2.45) is 5.73 Å². The van der Waals surface area contributed by atoms with E-state index in [1.54, 1.807) is 0 Å². The van der Waals surface area contributed by atoms with E-state index in [4.69, 9.17) is 10.5 Å². The molecular weight excluding hydrogens is 301 g/mol. The van der Waals surface area contributed by atoms with Crippen LogP contribution < -0.4 is 10.5 Å². The molecule has 1 aliphatic heterocycles. The van der Waals surface area contributed by atoms with E-state index in [1.807, 2.05) is 0 Å². The second kappa shape index (κ2) is 6.62. The molecule has 0 unspecified atom stereocenters. The van der Waals surface area contributed by atoms with Crippen molar-refractivity contribution in [1.29, 1.82) is 0 Å². The number of hydrogen-bond donors (Lipinski definition) is 1. The minimum atomic E-state index is -4.51. The van der Waals surface area contributed by atoms with Gasteiger partial charge in [0.25, 0.3) is 0 Å². The van der Waals surface area contributed by atoms with Gasteiger partial charge >= 0.3 is 6.18 Å². The highest BCUT2D eigenvalue weighted by Crippen LogP contribution is 2.34. The number of halogens is 3. The van der Waals surface area contributed by atoms with Gasteiger partial charge in [0, 0.05) is 12.1 Å². The fourth-order valence-corrected chi connectivity index (χ4v) is 2.54. The maximum absolute atomic E-state index is 13.0. The average Bonchev–Trinajstić information content (AvgIpc) is 2.90. The first-order chi connectivity index (χ1) is 9.88. The van der Waals surface area contributed by atoms with E-state index in [9.17, 15) is 13.2 Å². The molecule has 0 radical (unpaired) electrons. The zero-order chi connectivity index (χ0) is 15.5. The van der Waals surface area contributed by atoms with Gasteiger partial charge in [-0.3, -0.25) is 4.90 Å². The van der Waals surface area contributed by atoms with Crippen LogP contribution in [0.2, 0.25) is 0 Å². The SMILES string of the molecule is NC(=S)c1ccc(OCCN2CCCC2)cc1C(F)(F)F. The number of ether oxygens (including phenoxy) is 1. The largest absolute Gasteiger partial charge is 0.492 e. The Hall–Kier alpha value is -1.34. The van der Waals surface area contributed by atoms with Crippen LogP contribution in [0.25, 0.3) is 0 Å². The topological polar surface area (TPSA) is 38.5 Å². The third-order valence-electron chi connectivity index (χ3n) is 3.44. The van der Waals surface area contributed by atoms with Crippen molar-refractivity contribution in [2.45, 2.75) is 19.0 Å². The lowest BCUT2D eigenvalue weighted by Gasteiger charge is -2.17. The van der Waals surface area contributed by atoms with Crippen LogP contribution in [-0.2, 0) is 6.18 Å². The molecule has 0 saturated carbocycles. The maximum atomic E-state index is 13.0. The molecule has 2 N–H and O–H groups in total. The number of nitrogens with zero attached hydrogens (tertiary/aromatic N) is 1. The predicted molar refractivity (Wildman–Crippen MR) is 78.5 cm³/mol. The minimum Gasteiger partial charge on any atom is -0.492 e. The van der Waals surface area contributed by atoms with Gasteiger partial charge in [-0.25, -0.2) is 0 Å². The van der Waals surface area contributed by atoms with Crippen LogP contribution in [0.3, 0.4) is 0 Å². The summed E-state index contributed by atoms with van der Waals surface area (Å²) in [6.07, 6.45) is -2.17. The molecule has 0 atom stereocenters. The molecule has 1 heterocycles. The summed E-state index contributed by atoms with van der Waals surface area (Å²) in [6.45, 7) is 3.14. The molecule has 0 amide bonds. The number of rotatable bonds is 5. The second-order valence-electron chi connectivity index (χ2n) is 4.97. The second-order valence-corrected chi connectivity index (χ2v) is 5.41. The first-order valence-corrected chi connectivity index (χ1v) is 7.15. The monoisotopic (exact) mass is 318 g/mol. The Morgan fingerprint density at radius 3 is 2.52 bits per heavy atom. The van der Waals surface area contributed by atoms with E-state index in [0.717, 1.165) is 25.7 Å². The van der Waals surface area contributed by atoms with Gasteiger partial charge in [0.2, 0.25) is 0 Å². The number of benzene rings is 1. The third kappa shape index (κ3) is 4.31. The zero-order valence-electron chi connectivity index (χ0n) is 11.4. The molecule has 1 aromatic carbocycles. The van der Waals surface area contributed by atoms with E-state index in [2.05, 4.69) is 17.1 Å². The fourth-order valence-electron chi connectivity index (χ4n) is 2.36. The van der Waals surface area contributed by atoms with E-state index in [-0.39, 0.29) is 16.3 Å². The molecule has 1 saturated heterocycles. The van der Waals surface area contributed by atoms with E-state index in [1.165, 1.54) is 25.0 Å². The zero-order valence-corrected chi connectivity index (χ0v) is 12.3. The van der Waals surface area contributed by atoms with Gasteiger partial charge in [0.05, 0.1) is 5.56 Å². The van der Waals surface area contributed by atoms with Gasteiger partial charge in [-0.1, -0.05) is 12.2 Å². The normalized spacial score (nSPS) is 16.1. The molecule has 0 bridgehead atoms. The summed E-state index contributed by atoms with van der Waals surface area (Å²) in [6, 6.07) is 3.68. The summed E-state index contributed by atoms with van der Waals surface area (Å²) in [5.41, 5.74) is 4.30. The van der Waals surface area contributed by atoms with E-state index in [0.29, 0.717) is 6.61 Å². The highest BCUT2D eigenvalue weighted by molar-refractivity contribution is 7.80. The lowest BCUT2D eigenvalue weighted by Crippen LogP contribution is -2.25. The highest BCUT2D eigenvalue weighted by atomic mass is 32.1. The fraction of sp³-hybridized carbons (Fsp3) is 0.500. The molecule has 1 aromatic rings. The Morgan fingerprint density at radius 2 is 1.95 bits per heavy atom. The molecule has 2 rings (SSSR count). The van der Waals surface area contributed by atoms with Crippen LogP contribution in [0.1, 0.15) is 24.0 Å². The average molecular weight is 318 g/mol. The van der Waals surface area contributed by atoms with Gasteiger partial charge in [-0.15, -0.1) is 0 Å². The van der Waals surface area contributed by atoms with Crippen LogP contribution in [0.4, 0.5) is 13.2 Å². The Balaban J connectivity index is 2.04. The minimum absolute atomic E-state index is 0.176. The highest BCUT2D eigenvalue weighted by Gasteiger charge is 2.34. The standard InChI is InChI=1S/C14H17F3N2OS/c15-14(16,17)12-9-10(3-4-11(12)13(18)21)20-8-7-19-5-1-2-6-19/h3-4,9H,1-2,5-8H2,(H2,18,21). The molecular formula is C14H17F3N2OS. The van der Waals surface area contributed by atoms with Gasteiger partial charge in [-0.05, 0) is 44.1 Å². The molecule has 0 spiro atoms. The first kappa shape index (κ1) is 16.0. The lowest BCUT2D eigenvalue weighted by molar-refractivity contribution is -0.137. The van der Waals surface area contributed by atoms with Crippen LogP contribution >= 0.6 is 12.2 Å². The molecule has 1 fully saturated rings. The van der Waals surface area contributed by atoms with Crippen molar-refractivity contribution < 1.29 is 17.9 Å². The summed E-state index contributed by atoms with van der Waals surface area (Å²) in [5.74, 6) is 0.182. The van der Waals surface area contributed by atoms with Crippen LogP contribution in [0, 0.1) is 0 Å². The summed E-state index contributed by atoms with van der Waals surface area (Å²) in [4.78, 5) is 1.96. The Morgan fingerprint density at radius 1 is 1.29 bits per heavy atom. The lowest BCUT2D eigenvalue weighted by atomic mass is 10.1. The molecule has 0 aliphatic carbocycles. The molecule has 0 aromatic heterocycles. The van der Waals surface area contributed by atoms with Crippen molar-refractivity contribution >= 4 is 17.2 Å². The Kier molecular flexibility index (Phi) is 5.05. The van der Waals surface area contributed by atoms with Crippen LogP contribution in [0.15, 0.2) is 18.2 Å². The van der Waals surface area contributed by atoms with E-state index < -0.39 is 11.7 Å². The maximum Gasteiger partial charge on any atom is 0.417 e. The number of likely N-dealkylation sites (tertiary alicyclic amines) is 1. The Bertz CT molecular complexity index is 513. The van der Waals surface area contributed by atoms with Crippen LogP contribution in [0.5, 0.6) is 5.75 Å². The summed E-state index contributed by atoms with van der Waals surface area (Å²) in [5, 5.41) is 0. The number of alkyl halides is 3. The van der Waals surface area contributed by atoms with Crippen LogP contribution in [-0.4, -0.2) is 36.1 Å². The van der Waals surface area contributed by atoms with Crippen molar-refractivity contribution in [2.75, 3.05) is 26.2 Å². The summed E-state index contributed by atoms with van der Waals surface area (Å²) in [7, 11) is 0. The summed E-state index contributed by atoms with van der Waals surface area (Å²) >= 11 is 4.65. The Labute approximate surface area is 126 Å². The van der Waals surface area contributed by atoms with Crippen molar-refractivity contribution in [3.63, 3.8) is 0 Å². The predicted octanol–water partition coefficient (Wildman–Crippen LogP) is 2.81. The van der Waals surface area contributed by atoms with Crippen molar-refractivity contribution in [1.82, 2.24) is 4.90 Å². The third-order valence-corrected chi connectivity index (χ3v) is 3.66. The van der Waals surface area contributed by atoms with Gasteiger partial charge in [0.1, 0.15) is 17.3 Å². The molecule has 3 nitrogen and oxygen atoms in total.